The van der Waals surface area contributed by atoms with Gasteiger partial charge in [0.25, 0.3) is 5.69 Å². The van der Waals surface area contributed by atoms with E-state index in [2.05, 4.69) is 11.1 Å². The van der Waals surface area contributed by atoms with Crippen molar-refractivity contribution >= 4 is 23.8 Å². The van der Waals surface area contributed by atoms with Gasteiger partial charge in [-0.25, -0.2) is 0 Å². The second kappa shape index (κ2) is 5.84. The molecule has 0 aliphatic carbocycles. The van der Waals surface area contributed by atoms with Gasteiger partial charge in [-0.3, -0.25) is 15.1 Å². The largest absolute Gasteiger partial charge is 0.283 e. The Kier molecular flexibility index (Phi) is 4.15. The van der Waals surface area contributed by atoms with Gasteiger partial charge in [0.15, 0.2) is 0 Å². The van der Waals surface area contributed by atoms with Crippen LogP contribution in [0.4, 0.5) is 5.69 Å². The van der Waals surface area contributed by atoms with Crippen LogP contribution in [0.1, 0.15) is 16.7 Å². The van der Waals surface area contributed by atoms with Crippen LogP contribution in [0.15, 0.2) is 53.5 Å². The topological polar surface area (TPSA) is 55.5 Å². The first-order valence-corrected chi connectivity index (χ1v) is 6.14. The smallest absolute Gasteiger partial charge is 0.278 e. The van der Waals surface area contributed by atoms with Gasteiger partial charge in [0.2, 0.25) is 0 Å². The summed E-state index contributed by atoms with van der Waals surface area (Å²) in [5.41, 5.74) is 3.64. The monoisotopic (exact) mass is 288 g/mol. The minimum absolute atomic E-state index is 0. The maximum atomic E-state index is 11.1. The molecule has 1 heterocycles. The van der Waals surface area contributed by atoms with Gasteiger partial charge in [0.05, 0.1) is 16.2 Å². The number of aliphatic imine (C=N–C) groups is 1. The maximum Gasteiger partial charge on any atom is 0.278 e. The maximum absolute atomic E-state index is 11.1. The first kappa shape index (κ1) is 14.2. The van der Waals surface area contributed by atoms with Gasteiger partial charge in [-0.1, -0.05) is 36.4 Å². The average molecular weight is 289 g/mol. The van der Waals surface area contributed by atoms with Gasteiger partial charge >= 0.3 is 0 Å². The predicted molar refractivity (Wildman–Crippen MR) is 81.0 cm³/mol. The number of fused-ring (bicyclic) bond motifs is 1. The second-order valence-electron chi connectivity index (χ2n) is 4.41. The highest BCUT2D eigenvalue weighted by atomic mass is 35.5. The summed E-state index contributed by atoms with van der Waals surface area (Å²) in [5.74, 6) is 0. The minimum atomic E-state index is -0.352. The zero-order valence-electron chi connectivity index (χ0n) is 10.7. The van der Waals surface area contributed by atoms with Crippen LogP contribution in [-0.4, -0.2) is 17.2 Å². The molecule has 0 spiro atoms. The lowest BCUT2D eigenvalue weighted by atomic mass is 9.93. The van der Waals surface area contributed by atoms with Crippen molar-refractivity contribution in [1.82, 2.24) is 0 Å². The highest BCUT2D eigenvalue weighted by molar-refractivity contribution is 6.16. The predicted octanol–water partition coefficient (Wildman–Crippen LogP) is 3.41. The molecule has 2 aromatic rings. The molecule has 0 N–H and O–H groups in total. The quantitative estimate of drug-likeness (QED) is 0.628. The summed E-state index contributed by atoms with van der Waals surface area (Å²) in [5, 5.41) is 11.1. The standard InChI is InChI=1S/C15H12N2O2.ClH/c18-17(19)14-8-4-3-7-13(14)15-12-6-2-1-5-11(12)9-10-16-15;/h1-8H,9-10H2;1H. The summed E-state index contributed by atoms with van der Waals surface area (Å²) in [4.78, 5) is 15.3. The third-order valence-electron chi connectivity index (χ3n) is 3.28. The first-order chi connectivity index (χ1) is 9.27. The molecule has 0 saturated heterocycles. The van der Waals surface area contributed by atoms with Crippen molar-refractivity contribution in [2.45, 2.75) is 6.42 Å². The molecule has 0 bridgehead atoms. The fourth-order valence-electron chi connectivity index (χ4n) is 2.41. The normalized spacial score (nSPS) is 12.9. The Hall–Kier alpha value is -2.20. The van der Waals surface area contributed by atoms with E-state index in [0.717, 1.165) is 17.7 Å². The summed E-state index contributed by atoms with van der Waals surface area (Å²) >= 11 is 0. The Morgan fingerprint density at radius 3 is 2.40 bits per heavy atom. The fourth-order valence-corrected chi connectivity index (χ4v) is 2.41. The number of nitrogens with zero attached hydrogens (tertiary/aromatic N) is 2. The molecule has 102 valence electrons. The van der Waals surface area contributed by atoms with Crippen LogP contribution >= 0.6 is 12.4 Å². The molecule has 0 saturated carbocycles. The summed E-state index contributed by atoms with van der Waals surface area (Å²) in [6, 6.07) is 14.7. The molecule has 0 aromatic heterocycles. The van der Waals surface area contributed by atoms with Gasteiger partial charge in [0.1, 0.15) is 0 Å². The van der Waals surface area contributed by atoms with E-state index in [4.69, 9.17) is 0 Å². The third kappa shape index (κ3) is 2.42. The van der Waals surface area contributed by atoms with E-state index in [1.807, 2.05) is 24.3 Å². The Labute approximate surface area is 122 Å². The molecule has 0 radical (unpaired) electrons. The number of hydrogen-bond acceptors (Lipinski definition) is 3. The molecule has 0 fully saturated rings. The van der Waals surface area contributed by atoms with Gasteiger partial charge < -0.3 is 0 Å². The number of hydrogen-bond donors (Lipinski definition) is 0. The molecule has 2 aromatic carbocycles. The Morgan fingerprint density at radius 2 is 1.65 bits per heavy atom. The van der Waals surface area contributed by atoms with Crippen molar-refractivity contribution in [3.8, 4) is 0 Å². The van der Waals surface area contributed by atoms with Crippen LogP contribution in [0.25, 0.3) is 0 Å². The number of nitro groups is 1. The number of para-hydroxylation sites is 1. The Morgan fingerprint density at radius 1 is 1.00 bits per heavy atom. The van der Waals surface area contributed by atoms with Gasteiger partial charge in [-0.05, 0) is 18.1 Å². The molecule has 0 unspecified atom stereocenters. The van der Waals surface area contributed by atoms with Gasteiger partial charge in [0, 0.05) is 18.2 Å². The number of nitro benzene ring substituents is 1. The molecule has 0 amide bonds. The summed E-state index contributed by atoms with van der Waals surface area (Å²) in [6.07, 6.45) is 0.889. The fraction of sp³-hybridized carbons (Fsp3) is 0.133. The first-order valence-electron chi connectivity index (χ1n) is 6.14. The van der Waals surface area contributed by atoms with Crippen molar-refractivity contribution in [2.75, 3.05) is 6.54 Å². The molecular weight excluding hydrogens is 276 g/mol. The molecule has 5 heteroatoms. The average Bonchev–Trinajstić information content (AvgIpc) is 2.46. The van der Waals surface area contributed by atoms with Crippen molar-refractivity contribution in [1.29, 1.82) is 0 Å². The van der Waals surface area contributed by atoms with Crippen molar-refractivity contribution < 1.29 is 4.92 Å². The Bertz CT molecular complexity index is 683. The van der Waals surface area contributed by atoms with Crippen LogP contribution in [0.5, 0.6) is 0 Å². The summed E-state index contributed by atoms with van der Waals surface area (Å²) in [6.45, 7) is 0.679. The van der Waals surface area contributed by atoms with Gasteiger partial charge in [-0.15, -0.1) is 12.4 Å². The number of halogens is 1. The lowest BCUT2D eigenvalue weighted by Gasteiger charge is -2.16. The third-order valence-corrected chi connectivity index (χ3v) is 3.28. The van der Waals surface area contributed by atoms with Crippen LogP contribution in [0, 0.1) is 10.1 Å². The SMILES string of the molecule is Cl.O=[N+]([O-])c1ccccc1C1=NCCc2ccccc21. The zero-order chi connectivity index (χ0) is 13.2. The van der Waals surface area contributed by atoms with Crippen molar-refractivity contribution in [3.05, 3.63) is 75.3 Å². The molecule has 1 aliphatic rings. The number of rotatable bonds is 2. The second-order valence-corrected chi connectivity index (χ2v) is 4.41. The summed E-state index contributed by atoms with van der Waals surface area (Å²) < 4.78 is 0. The molecule has 20 heavy (non-hydrogen) atoms. The molecule has 1 aliphatic heterocycles. The van der Waals surface area contributed by atoms with Crippen LogP contribution in [-0.2, 0) is 6.42 Å². The highest BCUT2D eigenvalue weighted by Crippen LogP contribution is 2.26. The van der Waals surface area contributed by atoms with Crippen LogP contribution in [0.2, 0.25) is 0 Å². The lowest BCUT2D eigenvalue weighted by Crippen LogP contribution is -2.15. The van der Waals surface area contributed by atoms with E-state index >= 15 is 0 Å². The molecular formula is C15H13ClN2O2. The molecule has 0 atom stereocenters. The van der Waals surface area contributed by atoms with E-state index < -0.39 is 0 Å². The zero-order valence-corrected chi connectivity index (χ0v) is 11.5. The molecule has 4 nitrogen and oxygen atoms in total. The van der Waals surface area contributed by atoms with E-state index in [1.165, 1.54) is 11.6 Å². The van der Waals surface area contributed by atoms with E-state index in [1.54, 1.807) is 12.1 Å². The van der Waals surface area contributed by atoms with E-state index in [0.29, 0.717) is 12.1 Å². The van der Waals surface area contributed by atoms with E-state index in [-0.39, 0.29) is 23.0 Å². The van der Waals surface area contributed by atoms with Gasteiger partial charge in [-0.2, -0.15) is 0 Å². The molecule has 3 rings (SSSR count). The van der Waals surface area contributed by atoms with E-state index in [9.17, 15) is 10.1 Å². The van der Waals surface area contributed by atoms with Crippen molar-refractivity contribution in [2.24, 2.45) is 4.99 Å². The van der Waals surface area contributed by atoms with Crippen molar-refractivity contribution in [3.63, 3.8) is 0 Å². The number of benzene rings is 2. The van der Waals surface area contributed by atoms with Crippen LogP contribution < -0.4 is 0 Å². The lowest BCUT2D eigenvalue weighted by molar-refractivity contribution is -0.385. The van der Waals surface area contributed by atoms with Crippen LogP contribution in [0.3, 0.4) is 0 Å². The summed E-state index contributed by atoms with van der Waals surface area (Å²) in [7, 11) is 0. The highest BCUT2D eigenvalue weighted by Gasteiger charge is 2.22. The Balaban J connectivity index is 0.00000147. The minimum Gasteiger partial charge on any atom is -0.283 e.